The Morgan fingerprint density at radius 2 is 2.00 bits per heavy atom. The molecular weight excluding hydrogens is 285 g/mol. The van der Waals surface area contributed by atoms with Crippen molar-refractivity contribution in [3.63, 3.8) is 0 Å². The van der Waals surface area contributed by atoms with E-state index in [2.05, 4.69) is 5.32 Å². The number of amides is 1. The van der Waals surface area contributed by atoms with Crippen molar-refractivity contribution >= 4 is 23.5 Å². The van der Waals surface area contributed by atoms with Crippen LogP contribution in [0.5, 0.6) is 0 Å². The van der Waals surface area contributed by atoms with Crippen molar-refractivity contribution in [2.24, 2.45) is 5.92 Å². The first-order valence-corrected chi connectivity index (χ1v) is 6.60. The molecule has 1 rings (SSSR count). The Morgan fingerprint density at radius 1 is 1.35 bits per heavy atom. The third-order valence-corrected chi connectivity index (χ3v) is 3.11. The van der Waals surface area contributed by atoms with Crippen LogP contribution in [0.4, 0.5) is 4.39 Å². The first-order valence-electron chi connectivity index (χ1n) is 6.22. The molecule has 0 bridgehead atoms. The molecule has 0 radical (unpaired) electrons. The highest BCUT2D eigenvalue weighted by atomic mass is 35.5. The van der Waals surface area contributed by atoms with Crippen molar-refractivity contribution in [1.29, 1.82) is 0 Å². The van der Waals surface area contributed by atoms with E-state index in [4.69, 9.17) is 16.3 Å². The van der Waals surface area contributed by atoms with Crippen LogP contribution in [0.2, 0.25) is 5.02 Å². The van der Waals surface area contributed by atoms with Crippen LogP contribution in [-0.4, -0.2) is 24.5 Å². The molecule has 110 valence electrons. The summed E-state index contributed by atoms with van der Waals surface area (Å²) < 4.78 is 18.2. The lowest BCUT2D eigenvalue weighted by Gasteiger charge is -2.17. The summed E-state index contributed by atoms with van der Waals surface area (Å²) in [7, 11) is 0. The molecule has 0 heterocycles. The van der Waals surface area contributed by atoms with E-state index in [-0.39, 0.29) is 22.5 Å². The molecule has 1 aromatic carbocycles. The number of ether oxygens (including phenoxy) is 1. The van der Waals surface area contributed by atoms with Crippen molar-refractivity contribution < 1.29 is 18.7 Å². The SMILES string of the molecule is CC(C)[C@@H](C)NC(=O)COC(=O)c1cc(Cl)ccc1F. The number of rotatable bonds is 5. The Balaban J connectivity index is 2.55. The Kier molecular flexibility index (Phi) is 5.95. The normalized spacial score (nSPS) is 12.1. The lowest BCUT2D eigenvalue weighted by molar-refractivity contribution is -0.125. The summed E-state index contributed by atoms with van der Waals surface area (Å²) in [6.45, 7) is 5.31. The van der Waals surface area contributed by atoms with Gasteiger partial charge in [-0.2, -0.15) is 0 Å². The molecule has 0 aliphatic heterocycles. The van der Waals surface area contributed by atoms with Crippen molar-refractivity contribution in [1.82, 2.24) is 5.32 Å². The van der Waals surface area contributed by atoms with Crippen LogP contribution in [0.1, 0.15) is 31.1 Å². The van der Waals surface area contributed by atoms with Crippen LogP contribution < -0.4 is 5.32 Å². The molecule has 1 atom stereocenters. The van der Waals surface area contributed by atoms with Gasteiger partial charge in [0.15, 0.2) is 6.61 Å². The van der Waals surface area contributed by atoms with Gasteiger partial charge in [0, 0.05) is 11.1 Å². The number of nitrogens with one attached hydrogen (secondary N) is 1. The summed E-state index contributed by atoms with van der Waals surface area (Å²) in [5, 5.41) is 2.89. The second-order valence-electron chi connectivity index (χ2n) is 4.80. The summed E-state index contributed by atoms with van der Waals surface area (Å²) in [6, 6.07) is 3.52. The van der Waals surface area contributed by atoms with E-state index in [1.807, 2.05) is 20.8 Å². The lowest BCUT2D eigenvalue weighted by atomic mass is 10.1. The van der Waals surface area contributed by atoms with E-state index in [0.29, 0.717) is 0 Å². The molecule has 0 fully saturated rings. The van der Waals surface area contributed by atoms with Gasteiger partial charge in [-0.05, 0) is 31.0 Å². The first-order chi connectivity index (χ1) is 9.31. The second-order valence-corrected chi connectivity index (χ2v) is 5.24. The second kappa shape index (κ2) is 7.24. The molecule has 1 N–H and O–H groups in total. The molecule has 1 aromatic rings. The van der Waals surface area contributed by atoms with Gasteiger partial charge in [-0.1, -0.05) is 25.4 Å². The van der Waals surface area contributed by atoms with E-state index < -0.39 is 24.3 Å². The van der Waals surface area contributed by atoms with Crippen LogP contribution in [0.15, 0.2) is 18.2 Å². The van der Waals surface area contributed by atoms with Gasteiger partial charge in [-0.25, -0.2) is 9.18 Å². The Labute approximate surface area is 122 Å². The van der Waals surface area contributed by atoms with Crippen molar-refractivity contribution in [2.45, 2.75) is 26.8 Å². The van der Waals surface area contributed by atoms with Gasteiger partial charge in [0.05, 0.1) is 5.56 Å². The van der Waals surface area contributed by atoms with Gasteiger partial charge < -0.3 is 10.1 Å². The highest BCUT2D eigenvalue weighted by Crippen LogP contribution is 2.15. The average Bonchev–Trinajstić information content (AvgIpc) is 2.38. The van der Waals surface area contributed by atoms with Crippen LogP contribution in [0, 0.1) is 11.7 Å². The molecule has 0 aromatic heterocycles. The minimum Gasteiger partial charge on any atom is -0.452 e. The van der Waals surface area contributed by atoms with E-state index in [1.54, 1.807) is 0 Å². The number of carbonyl (C=O) groups is 2. The zero-order chi connectivity index (χ0) is 15.3. The molecule has 0 saturated carbocycles. The molecule has 0 spiro atoms. The summed E-state index contributed by atoms with van der Waals surface area (Å²) in [5.41, 5.74) is -0.290. The molecular formula is C14H17ClFNO3. The summed E-state index contributed by atoms with van der Waals surface area (Å²) in [5.74, 6) is -1.82. The van der Waals surface area contributed by atoms with Gasteiger partial charge in [0.25, 0.3) is 5.91 Å². The molecule has 0 unspecified atom stereocenters. The fourth-order valence-electron chi connectivity index (χ4n) is 1.33. The minimum absolute atomic E-state index is 0.0379. The van der Waals surface area contributed by atoms with Gasteiger partial charge in [0.1, 0.15) is 5.82 Å². The third kappa shape index (κ3) is 4.81. The Bertz CT molecular complexity index is 505. The van der Waals surface area contributed by atoms with E-state index in [9.17, 15) is 14.0 Å². The molecule has 0 aliphatic rings. The quantitative estimate of drug-likeness (QED) is 0.851. The fraction of sp³-hybridized carbons (Fsp3) is 0.429. The maximum Gasteiger partial charge on any atom is 0.341 e. The summed E-state index contributed by atoms with van der Waals surface area (Å²) in [6.07, 6.45) is 0. The average molecular weight is 302 g/mol. The van der Waals surface area contributed by atoms with Crippen LogP contribution in [0.3, 0.4) is 0 Å². The minimum atomic E-state index is -0.919. The maximum absolute atomic E-state index is 13.4. The zero-order valence-electron chi connectivity index (χ0n) is 11.6. The Morgan fingerprint density at radius 3 is 2.60 bits per heavy atom. The number of hydrogen-bond donors (Lipinski definition) is 1. The molecule has 0 saturated heterocycles. The number of benzene rings is 1. The smallest absolute Gasteiger partial charge is 0.341 e. The zero-order valence-corrected chi connectivity index (χ0v) is 12.3. The van der Waals surface area contributed by atoms with Gasteiger partial charge >= 0.3 is 5.97 Å². The van der Waals surface area contributed by atoms with Gasteiger partial charge in [-0.3, -0.25) is 4.79 Å². The highest BCUT2D eigenvalue weighted by Gasteiger charge is 2.16. The number of hydrogen-bond acceptors (Lipinski definition) is 3. The largest absolute Gasteiger partial charge is 0.452 e. The fourth-order valence-corrected chi connectivity index (χ4v) is 1.50. The van der Waals surface area contributed by atoms with Crippen LogP contribution in [-0.2, 0) is 9.53 Å². The third-order valence-electron chi connectivity index (χ3n) is 2.87. The number of esters is 1. The van der Waals surface area contributed by atoms with Crippen molar-refractivity contribution in [3.05, 3.63) is 34.6 Å². The summed E-state index contributed by atoms with van der Waals surface area (Å²) in [4.78, 5) is 23.2. The lowest BCUT2D eigenvalue weighted by Crippen LogP contribution is -2.38. The van der Waals surface area contributed by atoms with Gasteiger partial charge in [0.2, 0.25) is 0 Å². The topological polar surface area (TPSA) is 55.4 Å². The standard InChI is InChI=1S/C14H17ClFNO3/c1-8(2)9(3)17-13(18)7-20-14(19)11-6-10(15)4-5-12(11)16/h4-6,8-9H,7H2,1-3H3,(H,17,18)/t9-/m1/s1. The molecule has 4 nitrogen and oxygen atoms in total. The number of halogens is 2. The molecule has 1 amide bonds. The van der Waals surface area contributed by atoms with Crippen LogP contribution in [0.25, 0.3) is 0 Å². The highest BCUT2D eigenvalue weighted by molar-refractivity contribution is 6.30. The molecule has 0 aliphatic carbocycles. The maximum atomic E-state index is 13.4. The Hall–Kier alpha value is -1.62. The molecule has 20 heavy (non-hydrogen) atoms. The number of carbonyl (C=O) groups excluding carboxylic acids is 2. The summed E-state index contributed by atoms with van der Waals surface area (Å²) >= 11 is 5.67. The first kappa shape index (κ1) is 16.4. The van der Waals surface area contributed by atoms with E-state index in [1.165, 1.54) is 6.07 Å². The van der Waals surface area contributed by atoms with Gasteiger partial charge in [-0.15, -0.1) is 0 Å². The van der Waals surface area contributed by atoms with E-state index >= 15 is 0 Å². The van der Waals surface area contributed by atoms with E-state index in [0.717, 1.165) is 12.1 Å². The predicted octanol–water partition coefficient (Wildman–Crippen LogP) is 2.80. The monoisotopic (exact) mass is 301 g/mol. The predicted molar refractivity (Wildman–Crippen MR) is 74.1 cm³/mol. The van der Waals surface area contributed by atoms with Crippen LogP contribution >= 0.6 is 11.6 Å². The van der Waals surface area contributed by atoms with Crippen molar-refractivity contribution in [2.75, 3.05) is 6.61 Å². The van der Waals surface area contributed by atoms with Crippen molar-refractivity contribution in [3.8, 4) is 0 Å². The molecule has 6 heteroatoms.